The first-order valence-corrected chi connectivity index (χ1v) is 8.87. The Hall–Kier alpha value is -2.72. The Morgan fingerprint density at radius 1 is 1.24 bits per heavy atom. The van der Waals surface area contributed by atoms with E-state index in [1.807, 2.05) is 21.0 Å². The summed E-state index contributed by atoms with van der Waals surface area (Å²) in [5, 5.41) is 0. The molecule has 0 saturated carbocycles. The van der Waals surface area contributed by atoms with E-state index in [4.69, 9.17) is 4.42 Å². The van der Waals surface area contributed by atoms with E-state index in [1.165, 1.54) is 18.2 Å². The Kier molecular flexibility index (Phi) is 4.31. The van der Waals surface area contributed by atoms with E-state index in [2.05, 4.69) is 19.7 Å². The summed E-state index contributed by atoms with van der Waals surface area (Å²) in [4.78, 5) is 23.9. The Balaban J connectivity index is 1.84. The van der Waals surface area contributed by atoms with Crippen molar-refractivity contribution in [3.05, 3.63) is 46.2 Å². The summed E-state index contributed by atoms with van der Waals surface area (Å²) < 4.78 is 32.3. The van der Waals surface area contributed by atoms with E-state index >= 15 is 0 Å². The van der Waals surface area contributed by atoms with Crippen LogP contribution in [0.4, 0.5) is 5.95 Å². The minimum absolute atomic E-state index is 0.0203. The number of aromatic amines is 1. The van der Waals surface area contributed by atoms with E-state index in [0.29, 0.717) is 22.7 Å². The van der Waals surface area contributed by atoms with E-state index in [0.717, 1.165) is 5.69 Å². The zero-order valence-electron chi connectivity index (χ0n) is 13.9. The lowest BCUT2D eigenvalue weighted by molar-refractivity contribution is 0.555. The fourth-order valence-corrected chi connectivity index (χ4v) is 3.28. The van der Waals surface area contributed by atoms with E-state index in [1.54, 1.807) is 11.0 Å². The number of hydrogen-bond acceptors (Lipinski definition) is 7. The second kappa shape index (κ2) is 6.30. The number of benzene rings is 1. The smallest absolute Gasteiger partial charge is 0.408 e. The lowest BCUT2D eigenvalue weighted by atomic mass is 10.3. The second-order valence-electron chi connectivity index (χ2n) is 5.69. The van der Waals surface area contributed by atoms with Gasteiger partial charge in [-0.25, -0.2) is 27.9 Å². The summed E-state index contributed by atoms with van der Waals surface area (Å²) in [7, 11) is -0.156. The van der Waals surface area contributed by atoms with Gasteiger partial charge in [0.25, 0.3) is 0 Å². The van der Waals surface area contributed by atoms with Gasteiger partial charge >= 0.3 is 5.76 Å². The average molecular weight is 363 g/mol. The van der Waals surface area contributed by atoms with Gasteiger partial charge in [0.1, 0.15) is 0 Å². The summed E-state index contributed by atoms with van der Waals surface area (Å²) >= 11 is 0. The van der Waals surface area contributed by atoms with Gasteiger partial charge in [-0.3, -0.25) is 4.98 Å². The molecule has 0 atom stereocenters. The zero-order valence-corrected chi connectivity index (χ0v) is 14.7. The number of sulfonamides is 1. The number of aromatic nitrogens is 3. The van der Waals surface area contributed by atoms with Gasteiger partial charge in [-0.1, -0.05) is 0 Å². The highest BCUT2D eigenvalue weighted by Crippen LogP contribution is 2.17. The predicted octanol–water partition coefficient (Wildman–Crippen LogP) is 0.764. The third-order valence-electron chi connectivity index (χ3n) is 3.44. The van der Waals surface area contributed by atoms with Crippen LogP contribution in [0.5, 0.6) is 0 Å². The first-order chi connectivity index (χ1) is 11.7. The third-order valence-corrected chi connectivity index (χ3v) is 4.84. The van der Waals surface area contributed by atoms with Gasteiger partial charge in [-0.2, -0.15) is 0 Å². The van der Waals surface area contributed by atoms with Crippen LogP contribution in [0.2, 0.25) is 0 Å². The van der Waals surface area contributed by atoms with Crippen molar-refractivity contribution >= 4 is 27.1 Å². The van der Waals surface area contributed by atoms with Gasteiger partial charge in [0, 0.05) is 19.8 Å². The van der Waals surface area contributed by atoms with Crippen molar-refractivity contribution in [2.75, 3.05) is 19.0 Å². The van der Waals surface area contributed by atoms with Gasteiger partial charge in [0.2, 0.25) is 16.0 Å². The molecule has 0 spiro atoms. The molecule has 132 valence electrons. The Bertz CT molecular complexity index is 1080. The highest BCUT2D eigenvalue weighted by Gasteiger charge is 2.16. The number of oxazole rings is 1. The summed E-state index contributed by atoms with van der Waals surface area (Å²) in [5.74, 6) is -0.128. The van der Waals surface area contributed by atoms with Crippen molar-refractivity contribution in [3.63, 3.8) is 0 Å². The molecule has 0 radical (unpaired) electrons. The molecule has 2 heterocycles. The third kappa shape index (κ3) is 3.69. The largest absolute Gasteiger partial charge is 0.417 e. The summed E-state index contributed by atoms with van der Waals surface area (Å²) in [6.07, 6.45) is 0. The van der Waals surface area contributed by atoms with Crippen LogP contribution >= 0.6 is 0 Å². The molecular weight excluding hydrogens is 346 g/mol. The molecule has 3 rings (SSSR count). The van der Waals surface area contributed by atoms with E-state index < -0.39 is 15.8 Å². The quantitative estimate of drug-likeness (QED) is 0.686. The molecule has 0 aliphatic rings. The van der Waals surface area contributed by atoms with Crippen molar-refractivity contribution in [1.82, 2.24) is 19.7 Å². The molecule has 10 heteroatoms. The maximum atomic E-state index is 12.5. The van der Waals surface area contributed by atoms with Gasteiger partial charge in [-0.05, 0) is 31.2 Å². The number of anilines is 1. The monoisotopic (exact) mass is 363 g/mol. The van der Waals surface area contributed by atoms with Crippen molar-refractivity contribution in [2.45, 2.75) is 18.4 Å². The number of H-pyrrole nitrogens is 1. The van der Waals surface area contributed by atoms with Crippen LogP contribution in [0.25, 0.3) is 11.1 Å². The fraction of sp³-hybridized carbons (Fsp3) is 0.267. The van der Waals surface area contributed by atoms with Crippen molar-refractivity contribution in [1.29, 1.82) is 0 Å². The number of rotatable bonds is 5. The van der Waals surface area contributed by atoms with Gasteiger partial charge in [-0.15, -0.1) is 0 Å². The minimum atomic E-state index is -3.77. The standard InChI is InChI=1S/C15H17N5O4S/c1-9-6-10(18-14(17-9)20(2)3)8-16-25(22,23)11-4-5-13-12(7-11)19-15(21)24-13/h4-7,16H,8H2,1-3H3,(H,19,21). The van der Waals surface area contributed by atoms with Crippen LogP contribution in [-0.2, 0) is 16.6 Å². The summed E-state index contributed by atoms with van der Waals surface area (Å²) in [6.45, 7) is 1.84. The molecule has 0 unspecified atom stereocenters. The predicted molar refractivity (Wildman–Crippen MR) is 92.0 cm³/mol. The topological polar surface area (TPSA) is 121 Å². The highest BCUT2D eigenvalue weighted by atomic mass is 32.2. The molecule has 0 fully saturated rings. The van der Waals surface area contributed by atoms with Crippen molar-refractivity contribution < 1.29 is 12.8 Å². The lowest BCUT2D eigenvalue weighted by Gasteiger charge is -2.13. The highest BCUT2D eigenvalue weighted by molar-refractivity contribution is 7.89. The molecule has 0 aliphatic carbocycles. The normalized spacial score (nSPS) is 11.8. The van der Waals surface area contributed by atoms with Crippen LogP contribution in [0, 0.1) is 6.92 Å². The van der Waals surface area contributed by atoms with Gasteiger partial charge in [0.05, 0.1) is 22.7 Å². The number of fused-ring (bicyclic) bond motifs is 1. The van der Waals surface area contributed by atoms with Crippen LogP contribution in [0.15, 0.2) is 38.4 Å². The van der Waals surface area contributed by atoms with Gasteiger partial charge < -0.3 is 9.32 Å². The first kappa shape index (κ1) is 17.1. The maximum absolute atomic E-state index is 12.5. The minimum Gasteiger partial charge on any atom is -0.408 e. The fourth-order valence-electron chi connectivity index (χ4n) is 2.26. The maximum Gasteiger partial charge on any atom is 0.417 e. The lowest BCUT2D eigenvalue weighted by Crippen LogP contribution is -2.24. The Morgan fingerprint density at radius 2 is 2.00 bits per heavy atom. The molecule has 0 saturated heterocycles. The molecule has 25 heavy (non-hydrogen) atoms. The number of nitrogens with zero attached hydrogens (tertiary/aromatic N) is 3. The van der Waals surface area contributed by atoms with Crippen LogP contribution in [0.3, 0.4) is 0 Å². The molecule has 3 aromatic rings. The van der Waals surface area contributed by atoms with Crippen LogP contribution in [-0.4, -0.2) is 37.5 Å². The summed E-state index contributed by atoms with van der Waals surface area (Å²) in [6, 6.07) is 5.87. The SMILES string of the molecule is Cc1cc(CNS(=O)(=O)c2ccc3oc(=O)[nH]c3c2)nc(N(C)C)n1. The number of hydrogen-bond donors (Lipinski definition) is 2. The molecule has 2 N–H and O–H groups in total. The molecule has 1 aromatic carbocycles. The molecule has 0 bridgehead atoms. The molecule has 0 amide bonds. The second-order valence-corrected chi connectivity index (χ2v) is 7.46. The molecule has 0 aliphatic heterocycles. The van der Waals surface area contributed by atoms with Gasteiger partial charge in [0.15, 0.2) is 5.58 Å². The van der Waals surface area contributed by atoms with E-state index in [9.17, 15) is 13.2 Å². The first-order valence-electron chi connectivity index (χ1n) is 7.39. The van der Waals surface area contributed by atoms with E-state index in [-0.39, 0.29) is 11.4 Å². The van der Waals surface area contributed by atoms with Crippen LogP contribution in [0.1, 0.15) is 11.4 Å². The molecular formula is C15H17N5O4S. The zero-order chi connectivity index (χ0) is 18.2. The summed E-state index contributed by atoms with van der Waals surface area (Å²) in [5.41, 5.74) is 1.91. The Morgan fingerprint density at radius 3 is 2.72 bits per heavy atom. The van der Waals surface area contributed by atoms with Crippen LogP contribution < -0.4 is 15.4 Å². The molecule has 9 nitrogen and oxygen atoms in total. The number of aryl methyl sites for hydroxylation is 1. The number of nitrogens with one attached hydrogen (secondary N) is 2. The van der Waals surface area contributed by atoms with Crippen molar-refractivity contribution in [3.8, 4) is 0 Å². The molecule has 2 aromatic heterocycles. The average Bonchev–Trinajstić information content (AvgIpc) is 2.91. The Labute approximate surface area is 143 Å². The van der Waals surface area contributed by atoms with Crippen molar-refractivity contribution in [2.24, 2.45) is 0 Å².